The molecule has 2 aliphatic heterocycles. The minimum atomic E-state index is -1.76. The zero-order chi connectivity index (χ0) is 24.9. The Hall–Kier alpha value is -2.74. The first-order valence-electron chi connectivity index (χ1n) is 12.0. The van der Waals surface area contributed by atoms with Crippen LogP contribution in [0.2, 0.25) is 5.15 Å². The van der Waals surface area contributed by atoms with Crippen LogP contribution in [-0.4, -0.2) is 47.5 Å². The van der Waals surface area contributed by atoms with Gasteiger partial charge in [0.15, 0.2) is 11.2 Å². The van der Waals surface area contributed by atoms with Crippen LogP contribution in [-0.2, 0) is 28.6 Å². The molecule has 6 rings (SSSR count). The average molecular weight is 500 g/mol. The number of hydrogen-bond donors (Lipinski definition) is 0. The summed E-state index contributed by atoms with van der Waals surface area (Å²) < 4.78 is 17.6. The highest BCUT2D eigenvalue weighted by Crippen LogP contribution is 2.71. The minimum absolute atomic E-state index is 0.0337. The quantitative estimate of drug-likeness (QED) is 0.200. The summed E-state index contributed by atoms with van der Waals surface area (Å²) in [4.78, 5) is 57.9. The van der Waals surface area contributed by atoms with Crippen LogP contribution in [0.5, 0.6) is 0 Å². The molecule has 184 valence electrons. The normalized spacial score (nSPS) is 40.8. The van der Waals surface area contributed by atoms with Crippen molar-refractivity contribution in [2.24, 2.45) is 34.0 Å². The van der Waals surface area contributed by atoms with E-state index in [-0.39, 0.29) is 28.9 Å². The van der Waals surface area contributed by atoms with E-state index < -0.39 is 63.9 Å². The molecular weight excluding hydrogens is 474 g/mol. The highest BCUT2D eigenvalue weighted by atomic mass is 35.5. The molecule has 2 saturated heterocycles. The summed E-state index contributed by atoms with van der Waals surface area (Å²) >= 11 is 6.12. The number of halogens is 1. The fourth-order valence-corrected chi connectivity index (χ4v) is 8.20. The number of nitrogens with zero attached hydrogens (tertiary/aromatic N) is 1. The van der Waals surface area contributed by atoms with Gasteiger partial charge in [0.2, 0.25) is 0 Å². The maximum absolute atomic E-state index is 13.9. The molecule has 2 bridgehead atoms. The molecule has 0 radical (unpaired) electrons. The minimum Gasteiger partial charge on any atom is -0.465 e. The topological polar surface area (TPSA) is 109 Å². The summed E-state index contributed by atoms with van der Waals surface area (Å²) in [5, 5.41) is -0.0337. The Morgan fingerprint density at radius 2 is 2.00 bits per heavy atom. The van der Waals surface area contributed by atoms with E-state index in [1.54, 1.807) is 6.07 Å². The van der Waals surface area contributed by atoms with Crippen molar-refractivity contribution >= 4 is 35.3 Å². The number of carbonyl (C=O) groups excluding carboxylic acids is 4. The van der Waals surface area contributed by atoms with Crippen molar-refractivity contribution in [1.82, 2.24) is 4.98 Å². The van der Waals surface area contributed by atoms with Gasteiger partial charge in [0.05, 0.1) is 16.9 Å². The van der Waals surface area contributed by atoms with E-state index in [9.17, 15) is 19.2 Å². The highest BCUT2D eigenvalue weighted by molar-refractivity contribution is 6.32. The highest BCUT2D eigenvalue weighted by Gasteiger charge is 2.81. The van der Waals surface area contributed by atoms with Crippen molar-refractivity contribution in [1.29, 1.82) is 0 Å². The lowest BCUT2D eigenvalue weighted by Gasteiger charge is -2.61. The van der Waals surface area contributed by atoms with E-state index in [4.69, 9.17) is 25.8 Å². The number of ether oxygens (including phenoxy) is 3. The third kappa shape index (κ3) is 2.61. The molecule has 3 saturated carbocycles. The summed E-state index contributed by atoms with van der Waals surface area (Å²) in [5.41, 5.74) is -2.73. The third-order valence-electron chi connectivity index (χ3n) is 9.36. The number of aromatic nitrogens is 1. The maximum atomic E-state index is 13.9. The molecule has 0 N–H and O–H groups in total. The Kier molecular flexibility index (Phi) is 4.64. The number of hydrogen-bond acceptors (Lipinski definition) is 8. The van der Waals surface area contributed by atoms with Crippen molar-refractivity contribution in [3.8, 4) is 0 Å². The van der Waals surface area contributed by atoms with Gasteiger partial charge in [-0.1, -0.05) is 32.0 Å². The molecule has 0 amide bonds. The smallest absolute Gasteiger partial charge is 0.341 e. The van der Waals surface area contributed by atoms with Crippen LogP contribution in [0.1, 0.15) is 49.9 Å². The van der Waals surface area contributed by atoms with Gasteiger partial charge in [0.25, 0.3) is 0 Å². The monoisotopic (exact) mass is 499 g/mol. The number of pyridine rings is 1. The molecule has 2 spiro atoms. The van der Waals surface area contributed by atoms with Gasteiger partial charge in [-0.2, -0.15) is 0 Å². The van der Waals surface area contributed by atoms with E-state index >= 15 is 0 Å². The zero-order valence-electron chi connectivity index (χ0n) is 19.5. The predicted octanol–water partition coefficient (Wildman–Crippen LogP) is 3.32. The SMILES string of the molecule is C=C1C(=O)[C@@]23C(=O)O[C@H]4CCC(C)(C)[C@H]5C(=O)OC[C@@]45[C@@H]2CC[C@@H]1[C@H]3OC(=O)c1cccnc1Cl. The Morgan fingerprint density at radius 3 is 2.74 bits per heavy atom. The number of ketones is 1. The number of carbonyl (C=O) groups is 4. The molecule has 35 heavy (non-hydrogen) atoms. The van der Waals surface area contributed by atoms with E-state index in [0.717, 1.165) is 0 Å². The Labute approximate surface area is 207 Å². The summed E-state index contributed by atoms with van der Waals surface area (Å²) in [5.74, 6) is -3.89. The molecule has 3 aliphatic carbocycles. The first kappa shape index (κ1) is 22.7. The number of rotatable bonds is 2. The van der Waals surface area contributed by atoms with Crippen LogP contribution in [0.25, 0.3) is 0 Å². The first-order chi connectivity index (χ1) is 16.6. The standard InChI is InChI=1S/C26H26ClNO7/c1-12-13-6-7-15-25-11-33-22(31)17(25)24(2,3)9-8-16(25)34-23(32)26(15,18(12)29)19(13)35-21(30)14-5-4-10-28-20(14)27/h4-5,10,13,15-17,19H,1,6-9,11H2,2-3H3/t13-,15-,16-,17+,19+,25+,26-/m0/s1. The molecule has 7 atom stereocenters. The lowest BCUT2D eigenvalue weighted by atomic mass is 9.43. The van der Waals surface area contributed by atoms with Gasteiger partial charge in [-0.15, -0.1) is 0 Å². The number of fused-ring (bicyclic) bond motifs is 1. The van der Waals surface area contributed by atoms with Gasteiger partial charge in [0, 0.05) is 12.1 Å². The van der Waals surface area contributed by atoms with Gasteiger partial charge >= 0.3 is 17.9 Å². The second-order valence-corrected chi connectivity index (χ2v) is 11.6. The summed E-state index contributed by atoms with van der Waals surface area (Å²) in [6.45, 7) is 8.11. The second kappa shape index (κ2) is 7.15. The lowest BCUT2D eigenvalue weighted by molar-refractivity contribution is -0.244. The molecule has 5 fully saturated rings. The molecule has 5 aliphatic rings. The van der Waals surface area contributed by atoms with Crippen molar-refractivity contribution in [2.75, 3.05) is 6.61 Å². The number of Topliss-reactive ketones (excluding diaryl/α,β-unsaturated/α-hetero) is 1. The molecule has 1 aromatic heterocycles. The van der Waals surface area contributed by atoms with E-state index in [2.05, 4.69) is 11.6 Å². The maximum Gasteiger partial charge on any atom is 0.341 e. The molecule has 3 heterocycles. The van der Waals surface area contributed by atoms with Crippen LogP contribution >= 0.6 is 11.6 Å². The molecule has 0 aromatic carbocycles. The van der Waals surface area contributed by atoms with Crippen molar-refractivity contribution in [3.05, 3.63) is 41.2 Å². The van der Waals surface area contributed by atoms with Gasteiger partial charge in [0.1, 0.15) is 24.0 Å². The van der Waals surface area contributed by atoms with E-state index in [1.807, 2.05) is 13.8 Å². The average Bonchev–Trinajstić information content (AvgIpc) is 3.22. The second-order valence-electron chi connectivity index (χ2n) is 11.2. The summed E-state index contributed by atoms with van der Waals surface area (Å²) in [6.07, 6.45) is 2.07. The van der Waals surface area contributed by atoms with Gasteiger partial charge in [-0.3, -0.25) is 14.4 Å². The number of esters is 3. The summed E-state index contributed by atoms with van der Waals surface area (Å²) in [6, 6.07) is 3.03. The zero-order valence-corrected chi connectivity index (χ0v) is 20.3. The van der Waals surface area contributed by atoms with Crippen LogP contribution in [0, 0.1) is 34.0 Å². The lowest BCUT2D eigenvalue weighted by Crippen LogP contribution is -2.71. The number of cyclic esters (lactones) is 1. The molecular formula is C26H26ClNO7. The van der Waals surface area contributed by atoms with Crippen LogP contribution in [0.15, 0.2) is 30.5 Å². The van der Waals surface area contributed by atoms with Crippen LogP contribution < -0.4 is 0 Å². The Balaban J connectivity index is 1.50. The third-order valence-corrected chi connectivity index (χ3v) is 9.66. The van der Waals surface area contributed by atoms with Crippen LogP contribution in [0.3, 0.4) is 0 Å². The molecule has 1 aromatic rings. The largest absolute Gasteiger partial charge is 0.465 e. The van der Waals surface area contributed by atoms with Crippen molar-refractivity contribution in [2.45, 2.75) is 51.7 Å². The van der Waals surface area contributed by atoms with Gasteiger partial charge in [-0.05, 0) is 54.7 Å². The van der Waals surface area contributed by atoms with Gasteiger partial charge < -0.3 is 14.2 Å². The fourth-order valence-electron chi connectivity index (χ4n) is 8.00. The molecule has 0 unspecified atom stereocenters. The van der Waals surface area contributed by atoms with Crippen molar-refractivity contribution < 1.29 is 33.4 Å². The Morgan fingerprint density at radius 1 is 1.23 bits per heavy atom. The van der Waals surface area contributed by atoms with Gasteiger partial charge in [-0.25, -0.2) is 9.78 Å². The molecule has 9 heteroatoms. The van der Waals surface area contributed by atoms with Crippen LogP contribution in [0.4, 0.5) is 0 Å². The molecule has 8 nitrogen and oxygen atoms in total. The first-order valence-corrected chi connectivity index (χ1v) is 12.4. The fraction of sp³-hybridized carbons (Fsp3) is 0.577. The Bertz CT molecular complexity index is 1210. The predicted molar refractivity (Wildman–Crippen MR) is 121 cm³/mol. The van der Waals surface area contributed by atoms with E-state index in [0.29, 0.717) is 25.7 Å². The van der Waals surface area contributed by atoms with E-state index in [1.165, 1.54) is 12.3 Å². The summed E-state index contributed by atoms with van der Waals surface area (Å²) in [7, 11) is 0. The van der Waals surface area contributed by atoms with Crippen molar-refractivity contribution in [3.63, 3.8) is 0 Å².